The summed E-state index contributed by atoms with van der Waals surface area (Å²) in [6.45, 7) is 8.62. The Hall–Kier alpha value is -1.10. The molecular weight excluding hydrogens is 464 g/mol. The van der Waals surface area contributed by atoms with Crippen molar-refractivity contribution >= 4 is 0 Å². The average molecular weight is 515 g/mol. The molecule has 1 aromatic rings. The maximum absolute atomic E-state index is 9.29. The largest absolute Gasteiger partial charge is 0.396 e. The second kappa shape index (κ2) is 23.0. The van der Waals surface area contributed by atoms with Crippen LogP contribution in [0.1, 0.15) is 64.4 Å². The molecule has 1 aromatic carbocycles. The van der Waals surface area contributed by atoms with E-state index in [2.05, 4.69) is 6.92 Å². The summed E-state index contributed by atoms with van der Waals surface area (Å²) in [7, 11) is 0. The lowest BCUT2D eigenvalue weighted by atomic mass is 10.1. The van der Waals surface area contributed by atoms with Crippen LogP contribution in [0.3, 0.4) is 0 Å². The van der Waals surface area contributed by atoms with E-state index in [1.54, 1.807) is 0 Å². The van der Waals surface area contributed by atoms with Gasteiger partial charge in [-0.15, -0.1) is 0 Å². The second-order valence-corrected chi connectivity index (χ2v) is 8.97. The highest BCUT2D eigenvalue weighted by molar-refractivity contribution is 5.13. The molecule has 0 fully saturated rings. The monoisotopic (exact) mass is 514 g/mol. The molecule has 0 radical (unpaired) electrons. The first kappa shape index (κ1) is 32.9. The van der Waals surface area contributed by atoms with Gasteiger partial charge in [-0.3, -0.25) is 0 Å². The standard InChI is InChI=1S/C28H50O8/c1-3-11-27(14-16-30)34-25-28(2,35-17-10-5-4-9-15-29)36-23-22-32-19-18-31-20-21-33-24-26-12-7-6-8-13-26/h6-8,12-13,27,29-30H,3-5,9-11,14-25H2,1-2H3. The number of hydrogen-bond donors (Lipinski definition) is 2. The number of benzene rings is 1. The van der Waals surface area contributed by atoms with Crippen molar-refractivity contribution in [2.24, 2.45) is 0 Å². The summed E-state index contributed by atoms with van der Waals surface area (Å²) in [6.07, 6.45) is 6.17. The molecule has 1 rings (SSSR count). The highest BCUT2D eigenvalue weighted by Crippen LogP contribution is 2.18. The summed E-state index contributed by atoms with van der Waals surface area (Å²) in [6, 6.07) is 10.1. The first-order valence-electron chi connectivity index (χ1n) is 13.5. The van der Waals surface area contributed by atoms with Crippen LogP contribution >= 0.6 is 0 Å². The van der Waals surface area contributed by atoms with Crippen molar-refractivity contribution in [2.45, 2.75) is 77.3 Å². The summed E-state index contributed by atoms with van der Waals surface area (Å²) in [5, 5.41) is 18.2. The van der Waals surface area contributed by atoms with Crippen molar-refractivity contribution in [1.29, 1.82) is 0 Å². The predicted molar refractivity (Wildman–Crippen MR) is 140 cm³/mol. The zero-order chi connectivity index (χ0) is 26.2. The third-order valence-electron chi connectivity index (χ3n) is 5.59. The van der Waals surface area contributed by atoms with Gasteiger partial charge in [-0.2, -0.15) is 0 Å². The van der Waals surface area contributed by atoms with Crippen molar-refractivity contribution in [1.82, 2.24) is 0 Å². The molecule has 0 spiro atoms. The van der Waals surface area contributed by atoms with E-state index in [4.69, 9.17) is 33.5 Å². The zero-order valence-corrected chi connectivity index (χ0v) is 22.5. The molecule has 8 heteroatoms. The third-order valence-corrected chi connectivity index (χ3v) is 5.59. The molecule has 36 heavy (non-hydrogen) atoms. The number of aliphatic hydroxyl groups is 2. The number of rotatable bonds is 26. The van der Waals surface area contributed by atoms with Crippen LogP contribution in [0.2, 0.25) is 0 Å². The zero-order valence-electron chi connectivity index (χ0n) is 22.5. The molecule has 2 unspecified atom stereocenters. The minimum absolute atomic E-state index is 0.0128. The van der Waals surface area contributed by atoms with E-state index >= 15 is 0 Å². The molecular formula is C28H50O8. The molecule has 0 aromatic heterocycles. The first-order chi connectivity index (χ1) is 17.6. The summed E-state index contributed by atoms with van der Waals surface area (Å²) < 4.78 is 34.9. The van der Waals surface area contributed by atoms with Crippen LogP contribution in [0.15, 0.2) is 30.3 Å². The predicted octanol–water partition coefficient (Wildman–Crippen LogP) is 4.11. The fourth-order valence-corrected chi connectivity index (χ4v) is 3.55. The average Bonchev–Trinajstić information content (AvgIpc) is 2.89. The highest BCUT2D eigenvalue weighted by Gasteiger charge is 2.28. The minimum Gasteiger partial charge on any atom is -0.396 e. The molecule has 0 aliphatic rings. The van der Waals surface area contributed by atoms with Crippen LogP contribution in [0.25, 0.3) is 0 Å². The summed E-state index contributed by atoms with van der Waals surface area (Å²) >= 11 is 0. The van der Waals surface area contributed by atoms with E-state index in [1.165, 1.54) is 0 Å². The van der Waals surface area contributed by atoms with Gasteiger partial charge in [0.25, 0.3) is 0 Å². The van der Waals surface area contributed by atoms with Gasteiger partial charge in [0.05, 0.1) is 59.0 Å². The van der Waals surface area contributed by atoms with E-state index in [-0.39, 0.29) is 19.3 Å². The van der Waals surface area contributed by atoms with Crippen molar-refractivity contribution in [2.75, 3.05) is 66.1 Å². The number of unbranched alkanes of at least 4 members (excludes halogenated alkanes) is 3. The van der Waals surface area contributed by atoms with Crippen LogP contribution in [0, 0.1) is 0 Å². The first-order valence-corrected chi connectivity index (χ1v) is 13.5. The van der Waals surface area contributed by atoms with Crippen molar-refractivity contribution in [3.05, 3.63) is 35.9 Å². The number of aliphatic hydroxyl groups excluding tert-OH is 2. The van der Waals surface area contributed by atoms with Gasteiger partial charge < -0.3 is 38.6 Å². The van der Waals surface area contributed by atoms with E-state index in [1.807, 2.05) is 37.3 Å². The maximum Gasteiger partial charge on any atom is 0.189 e. The van der Waals surface area contributed by atoms with Crippen molar-refractivity contribution in [3.63, 3.8) is 0 Å². The Balaban J connectivity index is 2.20. The molecule has 0 heterocycles. The fourth-order valence-electron chi connectivity index (χ4n) is 3.55. The van der Waals surface area contributed by atoms with Gasteiger partial charge >= 0.3 is 0 Å². The van der Waals surface area contributed by atoms with Gasteiger partial charge in [0.15, 0.2) is 5.79 Å². The van der Waals surface area contributed by atoms with Gasteiger partial charge in [-0.25, -0.2) is 0 Å². The topological polar surface area (TPSA) is 95.8 Å². The minimum atomic E-state index is -0.881. The van der Waals surface area contributed by atoms with E-state index in [0.29, 0.717) is 65.9 Å². The van der Waals surface area contributed by atoms with E-state index in [0.717, 1.165) is 44.1 Å². The van der Waals surface area contributed by atoms with E-state index < -0.39 is 5.79 Å². The quantitative estimate of drug-likeness (QED) is 0.141. The van der Waals surface area contributed by atoms with E-state index in [9.17, 15) is 5.11 Å². The van der Waals surface area contributed by atoms with Gasteiger partial charge in [0, 0.05) is 13.2 Å². The fraction of sp³-hybridized carbons (Fsp3) is 0.786. The highest BCUT2D eigenvalue weighted by atomic mass is 16.7. The second-order valence-electron chi connectivity index (χ2n) is 8.97. The van der Waals surface area contributed by atoms with Gasteiger partial charge in [0.1, 0.15) is 6.61 Å². The van der Waals surface area contributed by atoms with Crippen LogP contribution in [-0.2, 0) is 35.0 Å². The molecule has 2 atom stereocenters. The smallest absolute Gasteiger partial charge is 0.189 e. The molecule has 0 saturated carbocycles. The Bertz CT molecular complexity index is 582. The van der Waals surface area contributed by atoms with Crippen LogP contribution < -0.4 is 0 Å². The molecule has 0 saturated heterocycles. The lowest BCUT2D eigenvalue weighted by molar-refractivity contribution is -0.260. The SMILES string of the molecule is CCCC(CCO)OCC(C)(OCCCCCCO)OCCOCCOCCOCc1ccccc1. The number of ether oxygens (including phenoxy) is 6. The summed E-state index contributed by atoms with van der Waals surface area (Å²) in [4.78, 5) is 0. The molecule has 8 nitrogen and oxygen atoms in total. The van der Waals surface area contributed by atoms with Crippen LogP contribution in [0.4, 0.5) is 0 Å². The normalized spacial score (nSPS) is 14.1. The summed E-state index contributed by atoms with van der Waals surface area (Å²) in [5.41, 5.74) is 1.15. The Morgan fingerprint density at radius 2 is 1.36 bits per heavy atom. The molecule has 0 amide bonds. The molecule has 210 valence electrons. The molecule has 0 bridgehead atoms. The Morgan fingerprint density at radius 3 is 2.03 bits per heavy atom. The van der Waals surface area contributed by atoms with Gasteiger partial charge in [-0.1, -0.05) is 56.5 Å². The molecule has 0 aliphatic heterocycles. The maximum atomic E-state index is 9.29. The number of hydrogen-bond acceptors (Lipinski definition) is 8. The van der Waals surface area contributed by atoms with Gasteiger partial charge in [-0.05, 0) is 38.2 Å². The Labute approximate surface area is 218 Å². The van der Waals surface area contributed by atoms with Crippen molar-refractivity contribution < 1.29 is 38.6 Å². The van der Waals surface area contributed by atoms with Crippen molar-refractivity contribution in [3.8, 4) is 0 Å². The lowest BCUT2D eigenvalue weighted by Gasteiger charge is -2.31. The third kappa shape index (κ3) is 18.2. The lowest BCUT2D eigenvalue weighted by Crippen LogP contribution is -2.40. The Morgan fingerprint density at radius 1 is 0.722 bits per heavy atom. The summed E-state index contributed by atoms with van der Waals surface area (Å²) in [5.74, 6) is -0.881. The molecule has 0 aliphatic carbocycles. The van der Waals surface area contributed by atoms with Crippen LogP contribution in [0.5, 0.6) is 0 Å². The Kier molecular flexibility index (Phi) is 21.1. The van der Waals surface area contributed by atoms with Gasteiger partial charge in [0.2, 0.25) is 0 Å². The van der Waals surface area contributed by atoms with Crippen LogP contribution in [-0.4, -0.2) is 88.2 Å². The molecule has 2 N–H and O–H groups in total.